The molecule has 0 saturated carbocycles. The van der Waals surface area contributed by atoms with E-state index in [0.717, 1.165) is 6.20 Å². The summed E-state index contributed by atoms with van der Waals surface area (Å²) in [5.74, 6) is -1.86. The van der Waals surface area contributed by atoms with Gasteiger partial charge in [-0.3, -0.25) is 4.79 Å². The maximum atomic E-state index is 12.1. The Morgan fingerprint density at radius 3 is 2.58 bits per heavy atom. The molecule has 0 aliphatic rings. The van der Waals surface area contributed by atoms with Gasteiger partial charge < -0.3 is 15.7 Å². The number of carboxylic acid groups (broad SMARTS) is 1. The average molecular weight is 370 g/mol. The fourth-order valence-electron chi connectivity index (χ4n) is 1.84. The summed E-state index contributed by atoms with van der Waals surface area (Å²) >= 11 is 11.9. The van der Waals surface area contributed by atoms with E-state index in [1.807, 2.05) is 13.8 Å². The molecule has 0 spiro atoms. The zero-order valence-electron chi connectivity index (χ0n) is 13.1. The monoisotopic (exact) mass is 369 g/mol. The normalized spacial score (nSPS) is 12.4. The zero-order valence-corrected chi connectivity index (χ0v) is 14.6. The molecule has 0 bridgehead atoms. The molecule has 0 saturated heterocycles. The van der Waals surface area contributed by atoms with Crippen LogP contribution in [0.4, 0.5) is 5.69 Å². The summed E-state index contributed by atoms with van der Waals surface area (Å²) < 4.78 is 0. The minimum Gasteiger partial charge on any atom is -0.480 e. The van der Waals surface area contributed by atoms with Gasteiger partial charge in [-0.2, -0.15) is 5.26 Å². The minimum absolute atomic E-state index is 0.0734. The van der Waals surface area contributed by atoms with E-state index >= 15 is 0 Å². The standard InChI is InChI=1S/C16H17Cl2N3O3/c1-9(2)6-13(16(23)24)21-15(22)10(7-19)8-20-12-5-3-4-11(17)14(12)18/h3-5,8-9,13,20H,6H2,1-2H3,(H,21,22)(H,23,24)/b10-8-. The van der Waals surface area contributed by atoms with Crippen molar-refractivity contribution in [2.45, 2.75) is 26.3 Å². The summed E-state index contributed by atoms with van der Waals surface area (Å²) in [5.41, 5.74) is 0.141. The molecule has 0 aliphatic carbocycles. The van der Waals surface area contributed by atoms with Crippen LogP contribution in [0.15, 0.2) is 30.0 Å². The molecule has 6 nitrogen and oxygen atoms in total. The number of benzene rings is 1. The molecule has 0 aliphatic heterocycles. The number of anilines is 1. The van der Waals surface area contributed by atoms with Crippen molar-refractivity contribution in [2.24, 2.45) is 5.92 Å². The van der Waals surface area contributed by atoms with Gasteiger partial charge in [0, 0.05) is 6.20 Å². The Morgan fingerprint density at radius 2 is 2.04 bits per heavy atom. The minimum atomic E-state index is -1.15. The number of carbonyl (C=O) groups is 2. The summed E-state index contributed by atoms with van der Waals surface area (Å²) in [7, 11) is 0. The Kier molecular flexibility index (Phi) is 7.56. The fraction of sp³-hybridized carbons (Fsp3) is 0.312. The van der Waals surface area contributed by atoms with Gasteiger partial charge in [-0.05, 0) is 24.5 Å². The Bertz CT molecular complexity index is 696. The van der Waals surface area contributed by atoms with Crippen molar-refractivity contribution in [3.8, 4) is 6.07 Å². The van der Waals surface area contributed by atoms with E-state index in [2.05, 4.69) is 10.6 Å². The number of nitrogens with zero attached hydrogens (tertiary/aromatic N) is 1. The molecule has 1 rings (SSSR count). The van der Waals surface area contributed by atoms with Crippen LogP contribution in [0.2, 0.25) is 10.0 Å². The lowest BCUT2D eigenvalue weighted by molar-refractivity contribution is -0.141. The first-order valence-electron chi connectivity index (χ1n) is 7.10. The maximum Gasteiger partial charge on any atom is 0.326 e. The number of nitriles is 1. The van der Waals surface area contributed by atoms with Gasteiger partial charge in [0.25, 0.3) is 5.91 Å². The molecule has 24 heavy (non-hydrogen) atoms. The largest absolute Gasteiger partial charge is 0.480 e. The second kappa shape index (κ2) is 9.16. The van der Waals surface area contributed by atoms with Gasteiger partial charge in [-0.1, -0.05) is 43.1 Å². The Labute approximate surface area is 150 Å². The van der Waals surface area contributed by atoms with E-state index in [-0.39, 0.29) is 22.9 Å². The van der Waals surface area contributed by atoms with E-state index < -0.39 is 17.9 Å². The first-order chi connectivity index (χ1) is 11.3. The predicted octanol–water partition coefficient (Wildman–Crippen LogP) is 3.43. The van der Waals surface area contributed by atoms with Gasteiger partial charge >= 0.3 is 5.97 Å². The van der Waals surface area contributed by atoms with Crippen molar-refractivity contribution in [3.63, 3.8) is 0 Å². The third-order valence-corrected chi connectivity index (χ3v) is 3.82. The molecule has 0 aromatic heterocycles. The molecule has 128 valence electrons. The van der Waals surface area contributed by atoms with E-state index in [1.165, 1.54) is 0 Å². The molecule has 0 radical (unpaired) electrons. The van der Waals surface area contributed by atoms with Crippen LogP contribution in [0.3, 0.4) is 0 Å². The number of carboxylic acids is 1. The highest BCUT2D eigenvalue weighted by Gasteiger charge is 2.22. The second-order valence-corrected chi connectivity index (χ2v) is 6.19. The Morgan fingerprint density at radius 1 is 1.38 bits per heavy atom. The molecular formula is C16H17Cl2N3O3. The molecule has 3 N–H and O–H groups in total. The topological polar surface area (TPSA) is 102 Å². The SMILES string of the molecule is CC(C)CC(NC(=O)/C(C#N)=C\Nc1cccc(Cl)c1Cl)C(=O)O. The average Bonchev–Trinajstić information content (AvgIpc) is 2.50. The molecule has 1 unspecified atom stereocenters. The lowest BCUT2D eigenvalue weighted by Gasteiger charge is -2.16. The molecule has 1 amide bonds. The van der Waals surface area contributed by atoms with Gasteiger partial charge in [-0.15, -0.1) is 0 Å². The zero-order chi connectivity index (χ0) is 18.3. The number of halogens is 2. The lowest BCUT2D eigenvalue weighted by Crippen LogP contribution is -2.42. The number of aliphatic carboxylic acids is 1. The van der Waals surface area contributed by atoms with Gasteiger partial charge in [0.05, 0.1) is 15.7 Å². The van der Waals surface area contributed by atoms with Crippen molar-refractivity contribution in [2.75, 3.05) is 5.32 Å². The van der Waals surface area contributed by atoms with Crippen LogP contribution in [0, 0.1) is 17.2 Å². The molecule has 1 aromatic rings. The van der Waals surface area contributed by atoms with Crippen molar-refractivity contribution in [1.29, 1.82) is 5.26 Å². The molecule has 1 atom stereocenters. The van der Waals surface area contributed by atoms with Crippen LogP contribution >= 0.6 is 23.2 Å². The lowest BCUT2D eigenvalue weighted by atomic mass is 10.0. The third kappa shape index (κ3) is 5.76. The van der Waals surface area contributed by atoms with Crippen LogP contribution < -0.4 is 10.6 Å². The van der Waals surface area contributed by atoms with Gasteiger partial charge in [0.2, 0.25) is 0 Å². The van der Waals surface area contributed by atoms with E-state index in [1.54, 1.807) is 24.3 Å². The van der Waals surface area contributed by atoms with Crippen molar-refractivity contribution in [1.82, 2.24) is 5.32 Å². The number of hydrogen-bond acceptors (Lipinski definition) is 4. The summed E-state index contributed by atoms with van der Waals surface area (Å²) in [5, 5.41) is 23.9. The highest BCUT2D eigenvalue weighted by molar-refractivity contribution is 6.43. The Hall–Kier alpha value is -2.23. The molecule has 1 aromatic carbocycles. The van der Waals surface area contributed by atoms with Crippen LogP contribution in [-0.2, 0) is 9.59 Å². The van der Waals surface area contributed by atoms with Crippen molar-refractivity contribution >= 4 is 40.8 Å². The number of hydrogen-bond donors (Lipinski definition) is 3. The highest BCUT2D eigenvalue weighted by Crippen LogP contribution is 2.29. The second-order valence-electron chi connectivity index (χ2n) is 5.41. The van der Waals surface area contributed by atoms with E-state index in [9.17, 15) is 9.59 Å². The van der Waals surface area contributed by atoms with Crippen LogP contribution in [0.1, 0.15) is 20.3 Å². The summed E-state index contributed by atoms with van der Waals surface area (Å²) in [6, 6.07) is 5.53. The van der Waals surface area contributed by atoms with Crippen LogP contribution in [0.5, 0.6) is 0 Å². The smallest absolute Gasteiger partial charge is 0.326 e. The highest BCUT2D eigenvalue weighted by atomic mass is 35.5. The molecule has 0 fully saturated rings. The quantitative estimate of drug-likeness (QED) is 0.504. The van der Waals surface area contributed by atoms with Crippen LogP contribution in [0.25, 0.3) is 0 Å². The van der Waals surface area contributed by atoms with E-state index in [4.69, 9.17) is 33.6 Å². The first-order valence-corrected chi connectivity index (χ1v) is 7.86. The molecule has 8 heteroatoms. The fourth-order valence-corrected chi connectivity index (χ4v) is 2.20. The third-order valence-electron chi connectivity index (χ3n) is 3.00. The number of amides is 1. The van der Waals surface area contributed by atoms with Crippen molar-refractivity contribution in [3.05, 3.63) is 40.0 Å². The maximum absolute atomic E-state index is 12.1. The molecular weight excluding hydrogens is 353 g/mol. The summed E-state index contributed by atoms with van der Waals surface area (Å²) in [4.78, 5) is 23.3. The summed E-state index contributed by atoms with van der Waals surface area (Å²) in [6.45, 7) is 3.68. The van der Waals surface area contributed by atoms with Gasteiger partial charge in [0.1, 0.15) is 17.7 Å². The summed E-state index contributed by atoms with van der Waals surface area (Å²) in [6.07, 6.45) is 1.41. The van der Waals surface area contributed by atoms with Crippen LogP contribution in [-0.4, -0.2) is 23.0 Å². The van der Waals surface area contributed by atoms with E-state index in [0.29, 0.717) is 10.7 Å². The Balaban J connectivity index is 2.88. The first kappa shape index (κ1) is 19.8. The number of rotatable bonds is 7. The predicted molar refractivity (Wildman–Crippen MR) is 92.8 cm³/mol. The van der Waals surface area contributed by atoms with Crippen molar-refractivity contribution < 1.29 is 14.7 Å². The number of nitrogens with one attached hydrogen (secondary N) is 2. The molecule has 0 heterocycles. The van der Waals surface area contributed by atoms with Gasteiger partial charge in [0.15, 0.2) is 0 Å². The number of carbonyl (C=O) groups excluding carboxylic acids is 1. The van der Waals surface area contributed by atoms with Gasteiger partial charge in [-0.25, -0.2) is 4.79 Å².